The summed E-state index contributed by atoms with van der Waals surface area (Å²) in [5.74, 6) is -0.179. The van der Waals surface area contributed by atoms with Crippen LogP contribution in [0.25, 0.3) is 0 Å². The zero-order valence-electron chi connectivity index (χ0n) is 17.0. The molecule has 168 valence electrons. The zero-order chi connectivity index (χ0) is 22.3. The summed E-state index contributed by atoms with van der Waals surface area (Å²) in [6.07, 6.45) is -2.94. The van der Waals surface area contributed by atoms with Crippen LogP contribution in [-0.4, -0.2) is 51.7 Å². The summed E-state index contributed by atoms with van der Waals surface area (Å²) in [5.41, 5.74) is 0.670. The Bertz CT molecular complexity index is 951. The van der Waals surface area contributed by atoms with Gasteiger partial charge in [0.15, 0.2) is 5.69 Å². The molecule has 0 radical (unpaired) electrons. The number of halogens is 5. The van der Waals surface area contributed by atoms with Crippen LogP contribution in [0, 0.1) is 0 Å². The zero-order valence-corrected chi connectivity index (χ0v) is 19.3. The van der Waals surface area contributed by atoms with Crippen LogP contribution in [0.5, 0.6) is 0 Å². The Morgan fingerprint density at radius 1 is 1.19 bits per heavy atom. The normalized spacial score (nSPS) is 19.0. The molecule has 0 spiro atoms. The Balaban J connectivity index is 1.43. The quantitative estimate of drug-likeness (QED) is 0.552. The molecule has 1 aromatic heterocycles. The Labute approximate surface area is 192 Å². The second-order valence-corrected chi connectivity index (χ2v) is 9.40. The summed E-state index contributed by atoms with van der Waals surface area (Å²) in [5, 5.41) is 4.50. The molecule has 1 unspecified atom stereocenters. The van der Waals surface area contributed by atoms with Crippen LogP contribution < -0.4 is 0 Å². The number of hydrogen-bond acceptors (Lipinski definition) is 3. The van der Waals surface area contributed by atoms with Crippen molar-refractivity contribution in [3.05, 3.63) is 50.7 Å². The SMILES string of the molecule is CC(C(=O)N1CCN(Cc2ccc(Cl)cc2)CC1)n1nc(C(F)(F)F)c(Br)c1C1CC1. The number of nitrogens with zero attached hydrogens (tertiary/aromatic N) is 4. The Kier molecular flexibility index (Phi) is 6.38. The molecule has 1 atom stereocenters. The van der Waals surface area contributed by atoms with Crippen molar-refractivity contribution >= 4 is 33.4 Å². The molecule has 1 aliphatic carbocycles. The molecule has 2 heterocycles. The van der Waals surface area contributed by atoms with E-state index in [2.05, 4.69) is 25.9 Å². The summed E-state index contributed by atoms with van der Waals surface area (Å²) in [7, 11) is 0. The fraction of sp³-hybridized carbons (Fsp3) is 0.524. The lowest BCUT2D eigenvalue weighted by Gasteiger charge is -2.36. The highest BCUT2D eigenvalue weighted by molar-refractivity contribution is 9.10. The highest BCUT2D eigenvalue weighted by Gasteiger charge is 2.43. The van der Waals surface area contributed by atoms with Gasteiger partial charge >= 0.3 is 6.18 Å². The number of aromatic nitrogens is 2. The summed E-state index contributed by atoms with van der Waals surface area (Å²) in [6.45, 7) is 4.87. The maximum atomic E-state index is 13.4. The van der Waals surface area contributed by atoms with Crippen molar-refractivity contribution in [2.45, 2.75) is 44.4 Å². The summed E-state index contributed by atoms with van der Waals surface area (Å²) in [6, 6.07) is 6.89. The van der Waals surface area contributed by atoms with E-state index in [1.807, 2.05) is 24.3 Å². The lowest BCUT2D eigenvalue weighted by Crippen LogP contribution is -2.50. The van der Waals surface area contributed by atoms with Crippen molar-refractivity contribution in [3.63, 3.8) is 0 Å². The monoisotopic (exact) mass is 518 g/mol. The molecule has 1 saturated heterocycles. The summed E-state index contributed by atoms with van der Waals surface area (Å²) >= 11 is 9.02. The van der Waals surface area contributed by atoms with Crippen LogP contribution in [0.1, 0.15) is 48.7 Å². The molecule has 2 fully saturated rings. The highest BCUT2D eigenvalue weighted by atomic mass is 79.9. The average Bonchev–Trinajstić information content (AvgIpc) is 3.50. The standard InChI is InChI=1S/C21H23BrClF3N4O/c1-13(30-18(15-4-5-15)17(22)19(27-30)21(24,25)26)20(31)29-10-8-28(9-11-29)12-14-2-6-16(23)7-3-14/h2-3,6-7,13,15H,4-5,8-12H2,1H3. The van der Waals surface area contributed by atoms with Gasteiger partial charge in [-0.05, 0) is 53.4 Å². The third kappa shape index (κ3) is 4.93. The van der Waals surface area contributed by atoms with E-state index in [1.165, 1.54) is 4.68 Å². The topological polar surface area (TPSA) is 41.4 Å². The smallest absolute Gasteiger partial charge is 0.338 e. The van der Waals surface area contributed by atoms with Crippen molar-refractivity contribution in [1.29, 1.82) is 0 Å². The minimum absolute atomic E-state index is 0.0180. The van der Waals surface area contributed by atoms with Gasteiger partial charge in [0.05, 0.1) is 10.2 Å². The van der Waals surface area contributed by atoms with E-state index in [0.717, 1.165) is 24.9 Å². The summed E-state index contributed by atoms with van der Waals surface area (Å²) in [4.78, 5) is 17.1. The van der Waals surface area contributed by atoms with Crippen LogP contribution in [0.4, 0.5) is 13.2 Å². The molecule has 0 bridgehead atoms. The Morgan fingerprint density at radius 3 is 2.35 bits per heavy atom. The van der Waals surface area contributed by atoms with Crippen LogP contribution >= 0.6 is 27.5 Å². The lowest BCUT2D eigenvalue weighted by atomic mass is 10.2. The van der Waals surface area contributed by atoms with Gasteiger partial charge in [0.25, 0.3) is 0 Å². The number of carbonyl (C=O) groups excluding carboxylic acids is 1. The third-order valence-corrected chi connectivity index (χ3v) is 6.88. The van der Waals surface area contributed by atoms with Gasteiger partial charge in [0, 0.05) is 43.7 Å². The number of amides is 1. The van der Waals surface area contributed by atoms with E-state index in [9.17, 15) is 18.0 Å². The largest absolute Gasteiger partial charge is 0.436 e. The van der Waals surface area contributed by atoms with Gasteiger partial charge < -0.3 is 4.90 Å². The molecule has 1 saturated carbocycles. The predicted octanol–water partition coefficient (Wildman–Crippen LogP) is 5.10. The molecular weight excluding hydrogens is 497 g/mol. The number of carbonyl (C=O) groups is 1. The average molecular weight is 520 g/mol. The molecule has 4 rings (SSSR count). The van der Waals surface area contributed by atoms with Gasteiger partial charge in [0.2, 0.25) is 5.91 Å². The highest BCUT2D eigenvalue weighted by Crippen LogP contribution is 2.47. The number of hydrogen-bond donors (Lipinski definition) is 0. The van der Waals surface area contributed by atoms with Crippen molar-refractivity contribution in [3.8, 4) is 0 Å². The van der Waals surface area contributed by atoms with E-state index in [4.69, 9.17) is 11.6 Å². The van der Waals surface area contributed by atoms with E-state index in [0.29, 0.717) is 36.9 Å². The van der Waals surface area contributed by atoms with Crippen LogP contribution in [-0.2, 0) is 17.5 Å². The molecule has 2 aromatic rings. The second-order valence-electron chi connectivity index (χ2n) is 8.17. The maximum Gasteiger partial charge on any atom is 0.436 e. The number of benzene rings is 1. The first-order valence-electron chi connectivity index (χ1n) is 10.3. The minimum atomic E-state index is -4.57. The van der Waals surface area contributed by atoms with Gasteiger partial charge in [-0.1, -0.05) is 23.7 Å². The molecule has 10 heteroatoms. The Morgan fingerprint density at radius 2 is 1.81 bits per heavy atom. The van der Waals surface area contributed by atoms with Gasteiger partial charge in [0.1, 0.15) is 6.04 Å². The fourth-order valence-corrected chi connectivity index (χ4v) is 4.91. The molecular formula is C21H23BrClF3N4O. The van der Waals surface area contributed by atoms with Crippen molar-refractivity contribution in [2.75, 3.05) is 26.2 Å². The first kappa shape index (κ1) is 22.6. The van der Waals surface area contributed by atoms with E-state index >= 15 is 0 Å². The molecule has 5 nitrogen and oxygen atoms in total. The van der Waals surface area contributed by atoms with E-state index < -0.39 is 17.9 Å². The van der Waals surface area contributed by atoms with Gasteiger partial charge in [-0.3, -0.25) is 14.4 Å². The lowest BCUT2D eigenvalue weighted by molar-refractivity contribution is -0.143. The van der Waals surface area contributed by atoms with Crippen LogP contribution in [0.15, 0.2) is 28.7 Å². The molecule has 31 heavy (non-hydrogen) atoms. The number of rotatable bonds is 5. The van der Waals surface area contributed by atoms with Gasteiger partial charge in [-0.15, -0.1) is 0 Å². The molecule has 1 aromatic carbocycles. The maximum absolute atomic E-state index is 13.4. The minimum Gasteiger partial charge on any atom is -0.338 e. The van der Waals surface area contributed by atoms with Gasteiger partial charge in [-0.25, -0.2) is 0 Å². The fourth-order valence-electron chi connectivity index (χ4n) is 3.97. The van der Waals surface area contributed by atoms with Crippen molar-refractivity contribution < 1.29 is 18.0 Å². The predicted molar refractivity (Wildman–Crippen MR) is 115 cm³/mol. The first-order valence-corrected chi connectivity index (χ1v) is 11.4. The van der Waals surface area contributed by atoms with Crippen molar-refractivity contribution in [2.24, 2.45) is 0 Å². The number of alkyl halides is 3. The summed E-state index contributed by atoms with van der Waals surface area (Å²) < 4.78 is 41.4. The molecule has 2 aliphatic rings. The van der Waals surface area contributed by atoms with E-state index in [-0.39, 0.29) is 16.3 Å². The second kappa shape index (κ2) is 8.75. The van der Waals surface area contributed by atoms with E-state index in [1.54, 1.807) is 11.8 Å². The molecule has 0 N–H and O–H groups in total. The Hall–Kier alpha value is -1.58. The van der Waals surface area contributed by atoms with Crippen LogP contribution in [0.2, 0.25) is 5.02 Å². The molecule has 1 aliphatic heterocycles. The van der Waals surface area contributed by atoms with Crippen molar-refractivity contribution in [1.82, 2.24) is 19.6 Å². The molecule has 1 amide bonds. The van der Waals surface area contributed by atoms with Gasteiger partial charge in [-0.2, -0.15) is 18.3 Å². The third-order valence-electron chi connectivity index (χ3n) is 5.85. The van der Waals surface area contributed by atoms with Crippen LogP contribution in [0.3, 0.4) is 0 Å². The first-order chi connectivity index (χ1) is 14.6. The number of piperazine rings is 1.